The van der Waals surface area contributed by atoms with E-state index in [1.165, 1.54) is 0 Å². The van der Waals surface area contributed by atoms with Crippen LogP contribution in [0.1, 0.15) is 19.4 Å². The molecule has 0 unspecified atom stereocenters. The van der Waals surface area contributed by atoms with Crippen molar-refractivity contribution in [3.05, 3.63) is 59.1 Å². The number of para-hydroxylation sites is 1. The van der Waals surface area contributed by atoms with Crippen LogP contribution in [0.3, 0.4) is 0 Å². The van der Waals surface area contributed by atoms with E-state index in [2.05, 4.69) is 18.7 Å². The molecule has 1 amide bonds. The molecule has 1 aromatic heterocycles. The highest BCUT2D eigenvalue weighted by Gasteiger charge is 2.21. The first-order chi connectivity index (χ1) is 13.1. The van der Waals surface area contributed by atoms with Gasteiger partial charge in [-0.25, -0.2) is 4.98 Å². The molecule has 0 radical (unpaired) electrons. The fourth-order valence-electron chi connectivity index (χ4n) is 2.98. The van der Waals surface area contributed by atoms with Crippen molar-refractivity contribution >= 4 is 56.6 Å². The molecule has 0 aliphatic carbocycles. The van der Waals surface area contributed by atoms with E-state index < -0.39 is 0 Å². The number of nitrogens with zero attached hydrogens (tertiary/aromatic N) is 3. The Bertz CT molecular complexity index is 878. The molecule has 7 heteroatoms. The van der Waals surface area contributed by atoms with Crippen LogP contribution in [0, 0.1) is 0 Å². The summed E-state index contributed by atoms with van der Waals surface area (Å²) >= 11 is 7.82. The minimum absolute atomic E-state index is 0. The summed E-state index contributed by atoms with van der Waals surface area (Å²) in [6.07, 6.45) is 0.272. The highest BCUT2D eigenvalue weighted by atomic mass is 35.5. The van der Waals surface area contributed by atoms with Crippen LogP contribution in [0.5, 0.6) is 0 Å². The average molecular weight is 438 g/mol. The van der Waals surface area contributed by atoms with Crippen LogP contribution >= 0.6 is 35.3 Å². The molecule has 0 aliphatic rings. The quantitative estimate of drug-likeness (QED) is 0.480. The number of likely N-dealkylation sites (N-methyl/N-ethyl adjacent to an activating group) is 1. The van der Waals surface area contributed by atoms with Gasteiger partial charge in [-0.1, -0.05) is 67.1 Å². The summed E-state index contributed by atoms with van der Waals surface area (Å²) in [4.78, 5) is 22.0. The van der Waals surface area contributed by atoms with Gasteiger partial charge >= 0.3 is 0 Å². The molecular weight excluding hydrogens is 413 g/mol. The molecule has 0 bridgehead atoms. The normalized spacial score (nSPS) is 10.9. The minimum atomic E-state index is 0. The Hall–Kier alpha value is -1.66. The minimum Gasteiger partial charge on any atom is -0.302 e. The van der Waals surface area contributed by atoms with Gasteiger partial charge in [0.1, 0.15) is 0 Å². The van der Waals surface area contributed by atoms with Gasteiger partial charge < -0.3 is 4.90 Å². The highest BCUT2D eigenvalue weighted by Crippen LogP contribution is 2.29. The number of carbonyl (C=O) groups excluding carboxylic acids is 1. The number of thiazole rings is 1. The van der Waals surface area contributed by atoms with Crippen molar-refractivity contribution in [2.75, 3.05) is 31.1 Å². The fourth-order valence-corrected chi connectivity index (χ4v) is 4.20. The molecule has 0 aliphatic heterocycles. The number of halogens is 2. The lowest BCUT2D eigenvalue weighted by molar-refractivity contribution is -0.118. The van der Waals surface area contributed by atoms with Gasteiger partial charge in [0.15, 0.2) is 5.13 Å². The molecule has 4 nitrogen and oxygen atoms in total. The molecular formula is C21H25Cl2N3OS. The van der Waals surface area contributed by atoms with E-state index in [4.69, 9.17) is 16.6 Å². The van der Waals surface area contributed by atoms with E-state index in [0.29, 0.717) is 11.6 Å². The number of rotatable bonds is 8. The van der Waals surface area contributed by atoms with Gasteiger partial charge in [0.05, 0.1) is 16.6 Å². The van der Waals surface area contributed by atoms with Crippen molar-refractivity contribution in [3.63, 3.8) is 0 Å². The van der Waals surface area contributed by atoms with Crippen LogP contribution in [-0.4, -0.2) is 42.0 Å². The highest BCUT2D eigenvalue weighted by molar-refractivity contribution is 7.22. The van der Waals surface area contributed by atoms with Gasteiger partial charge in [-0.2, -0.15) is 0 Å². The molecule has 0 spiro atoms. The standard InChI is InChI=1S/C21H24ClN3OS.ClH/c1-3-24(4-2)13-14-25(20(26)15-16-9-5-6-10-17(16)22)21-23-18-11-7-8-12-19(18)27-21;/h5-12H,3-4,13-15H2,1-2H3;1H. The van der Waals surface area contributed by atoms with Crippen LogP contribution in [0.2, 0.25) is 5.02 Å². The summed E-state index contributed by atoms with van der Waals surface area (Å²) in [7, 11) is 0. The number of benzene rings is 2. The molecule has 1 heterocycles. The molecule has 150 valence electrons. The molecule has 0 saturated heterocycles. The predicted molar refractivity (Wildman–Crippen MR) is 122 cm³/mol. The molecule has 0 fully saturated rings. The molecule has 2 aromatic carbocycles. The number of carbonyl (C=O) groups is 1. The lowest BCUT2D eigenvalue weighted by Gasteiger charge is -2.25. The molecule has 0 saturated carbocycles. The lowest BCUT2D eigenvalue weighted by atomic mass is 10.1. The maximum Gasteiger partial charge on any atom is 0.233 e. The van der Waals surface area contributed by atoms with Crippen LogP contribution in [0.4, 0.5) is 5.13 Å². The van der Waals surface area contributed by atoms with Crippen LogP contribution < -0.4 is 4.90 Å². The maximum absolute atomic E-state index is 13.1. The van der Waals surface area contributed by atoms with Gasteiger partial charge in [-0.3, -0.25) is 9.69 Å². The third-order valence-corrected chi connectivity index (χ3v) is 6.08. The van der Waals surface area contributed by atoms with E-state index in [0.717, 1.165) is 40.5 Å². The summed E-state index contributed by atoms with van der Waals surface area (Å²) in [5, 5.41) is 1.37. The lowest BCUT2D eigenvalue weighted by Crippen LogP contribution is -2.39. The van der Waals surface area contributed by atoms with Crippen molar-refractivity contribution in [3.8, 4) is 0 Å². The first-order valence-corrected chi connectivity index (χ1v) is 10.4. The second-order valence-electron chi connectivity index (χ2n) is 6.30. The van der Waals surface area contributed by atoms with Crippen molar-refractivity contribution in [2.45, 2.75) is 20.3 Å². The number of amides is 1. The number of hydrogen-bond donors (Lipinski definition) is 0. The Morgan fingerprint density at radius 3 is 2.39 bits per heavy atom. The monoisotopic (exact) mass is 437 g/mol. The number of anilines is 1. The van der Waals surface area contributed by atoms with Crippen molar-refractivity contribution in [1.29, 1.82) is 0 Å². The largest absolute Gasteiger partial charge is 0.302 e. The Labute approximate surface area is 181 Å². The van der Waals surface area contributed by atoms with Crippen LogP contribution in [-0.2, 0) is 11.2 Å². The van der Waals surface area contributed by atoms with E-state index in [-0.39, 0.29) is 24.7 Å². The molecule has 28 heavy (non-hydrogen) atoms. The average Bonchev–Trinajstić information content (AvgIpc) is 3.10. The summed E-state index contributed by atoms with van der Waals surface area (Å²) < 4.78 is 1.09. The zero-order valence-corrected chi connectivity index (χ0v) is 18.5. The van der Waals surface area contributed by atoms with E-state index in [1.54, 1.807) is 11.3 Å². The van der Waals surface area contributed by atoms with Gasteiger partial charge in [0, 0.05) is 18.1 Å². The first-order valence-electron chi connectivity index (χ1n) is 9.24. The smallest absolute Gasteiger partial charge is 0.233 e. The summed E-state index contributed by atoms with van der Waals surface area (Å²) in [6.45, 7) is 7.63. The maximum atomic E-state index is 13.1. The third kappa shape index (κ3) is 5.45. The number of fused-ring (bicyclic) bond motifs is 1. The second kappa shape index (κ2) is 10.8. The van der Waals surface area contributed by atoms with E-state index >= 15 is 0 Å². The summed E-state index contributed by atoms with van der Waals surface area (Å²) in [5.74, 6) is 0.0225. The zero-order valence-electron chi connectivity index (χ0n) is 16.1. The van der Waals surface area contributed by atoms with Gasteiger partial charge in [0.25, 0.3) is 0 Å². The van der Waals surface area contributed by atoms with Crippen molar-refractivity contribution in [2.24, 2.45) is 0 Å². The Balaban J connectivity index is 0.00000280. The van der Waals surface area contributed by atoms with Gasteiger partial charge in [0.2, 0.25) is 5.91 Å². The summed E-state index contributed by atoms with van der Waals surface area (Å²) in [6, 6.07) is 15.5. The van der Waals surface area contributed by atoms with Crippen LogP contribution in [0.15, 0.2) is 48.5 Å². The third-order valence-electron chi connectivity index (χ3n) is 4.65. The number of aromatic nitrogens is 1. The van der Waals surface area contributed by atoms with Crippen molar-refractivity contribution in [1.82, 2.24) is 9.88 Å². The molecule has 0 atom stereocenters. The molecule has 3 aromatic rings. The van der Waals surface area contributed by atoms with E-state index in [1.807, 2.05) is 53.4 Å². The second-order valence-corrected chi connectivity index (χ2v) is 7.72. The zero-order chi connectivity index (χ0) is 19.2. The topological polar surface area (TPSA) is 36.4 Å². The molecule has 0 N–H and O–H groups in total. The Morgan fingerprint density at radius 2 is 1.71 bits per heavy atom. The van der Waals surface area contributed by atoms with E-state index in [9.17, 15) is 4.79 Å². The SMILES string of the molecule is CCN(CC)CCN(C(=O)Cc1ccccc1Cl)c1nc2ccccc2s1.Cl. The Kier molecular flexibility index (Phi) is 8.70. The van der Waals surface area contributed by atoms with Gasteiger partial charge in [-0.15, -0.1) is 12.4 Å². The molecule has 3 rings (SSSR count). The predicted octanol–water partition coefficient (Wildman–Crippen LogP) is 5.29. The first kappa shape index (κ1) is 22.6. The van der Waals surface area contributed by atoms with Crippen LogP contribution in [0.25, 0.3) is 10.2 Å². The fraction of sp³-hybridized carbons (Fsp3) is 0.333. The van der Waals surface area contributed by atoms with Gasteiger partial charge in [-0.05, 0) is 36.9 Å². The number of hydrogen-bond acceptors (Lipinski definition) is 4. The Morgan fingerprint density at radius 1 is 1.04 bits per heavy atom. The summed E-state index contributed by atoms with van der Waals surface area (Å²) in [5.41, 5.74) is 1.77. The van der Waals surface area contributed by atoms with Crippen molar-refractivity contribution < 1.29 is 4.79 Å².